The topological polar surface area (TPSA) is 29.1 Å². The molecule has 0 aliphatic rings. The summed E-state index contributed by atoms with van der Waals surface area (Å²) in [6, 6.07) is 14.2. The highest BCUT2D eigenvalue weighted by Gasteiger charge is 2.04. The summed E-state index contributed by atoms with van der Waals surface area (Å²) in [6.45, 7) is 0. The van der Waals surface area contributed by atoms with Crippen LogP contribution in [0.2, 0.25) is 0 Å². The number of hydrogen-bond acceptors (Lipinski definition) is 3. The van der Waals surface area contributed by atoms with Crippen molar-refractivity contribution in [1.82, 2.24) is 0 Å². The van der Waals surface area contributed by atoms with Gasteiger partial charge in [-0.25, -0.2) is 4.39 Å². The lowest BCUT2D eigenvalue weighted by Crippen LogP contribution is -2.14. The van der Waals surface area contributed by atoms with E-state index in [2.05, 4.69) is 5.32 Å². The minimum Gasteiger partial charge on any atom is -0.325 e. The van der Waals surface area contributed by atoms with Gasteiger partial charge >= 0.3 is 0 Å². The maximum atomic E-state index is 13.0. The highest BCUT2D eigenvalue weighted by atomic mass is 32.2. The van der Waals surface area contributed by atoms with Gasteiger partial charge in [0.1, 0.15) is 5.82 Å². The Morgan fingerprint density at radius 1 is 1.19 bits per heavy atom. The Morgan fingerprint density at radius 3 is 2.76 bits per heavy atom. The molecule has 2 rings (SSSR count). The van der Waals surface area contributed by atoms with Crippen molar-refractivity contribution in [3.8, 4) is 0 Å². The molecule has 110 valence electrons. The highest BCUT2D eigenvalue weighted by Crippen LogP contribution is 2.19. The summed E-state index contributed by atoms with van der Waals surface area (Å²) in [5.74, 6) is 0.678. The first kappa shape index (κ1) is 15.9. The second-order valence-electron chi connectivity index (χ2n) is 4.40. The number of carbonyl (C=O) groups is 1. The second kappa shape index (κ2) is 8.10. The molecular formula is C16H16FNOS2. The van der Waals surface area contributed by atoms with Crippen LogP contribution in [0.1, 0.15) is 5.56 Å². The third-order valence-electron chi connectivity index (χ3n) is 2.74. The molecule has 1 amide bonds. The van der Waals surface area contributed by atoms with Crippen LogP contribution in [-0.2, 0) is 10.5 Å². The zero-order chi connectivity index (χ0) is 15.1. The van der Waals surface area contributed by atoms with E-state index in [1.165, 1.54) is 23.9 Å². The summed E-state index contributed by atoms with van der Waals surface area (Å²) in [6.07, 6.45) is 2.00. The Hall–Kier alpha value is -1.46. The number of benzene rings is 2. The van der Waals surface area contributed by atoms with Crippen LogP contribution in [0.4, 0.5) is 10.1 Å². The van der Waals surface area contributed by atoms with Gasteiger partial charge < -0.3 is 5.32 Å². The molecule has 5 heteroatoms. The molecule has 2 aromatic carbocycles. The fraction of sp³-hybridized carbons (Fsp3) is 0.188. The molecule has 0 unspecified atom stereocenters. The molecule has 0 saturated heterocycles. The maximum absolute atomic E-state index is 13.0. The van der Waals surface area contributed by atoms with E-state index in [1.807, 2.05) is 36.6 Å². The fourth-order valence-corrected chi connectivity index (χ4v) is 3.02. The van der Waals surface area contributed by atoms with Gasteiger partial charge in [-0.3, -0.25) is 4.79 Å². The van der Waals surface area contributed by atoms with E-state index in [0.717, 1.165) is 16.1 Å². The zero-order valence-corrected chi connectivity index (χ0v) is 13.3. The van der Waals surface area contributed by atoms with Crippen molar-refractivity contribution in [2.75, 3.05) is 17.3 Å². The molecule has 0 atom stereocenters. The molecule has 0 bridgehead atoms. The first-order valence-corrected chi connectivity index (χ1v) is 8.81. The van der Waals surface area contributed by atoms with Crippen LogP contribution >= 0.6 is 23.5 Å². The number of anilines is 1. The molecule has 21 heavy (non-hydrogen) atoms. The van der Waals surface area contributed by atoms with E-state index >= 15 is 0 Å². The lowest BCUT2D eigenvalue weighted by Gasteiger charge is -2.06. The highest BCUT2D eigenvalue weighted by molar-refractivity contribution is 7.99. The molecule has 0 radical (unpaired) electrons. The van der Waals surface area contributed by atoms with Crippen molar-refractivity contribution in [1.29, 1.82) is 0 Å². The summed E-state index contributed by atoms with van der Waals surface area (Å²) in [4.78, 5) is 13.0. The average molecular weight is 321 g/mol. The quantitative estimate of drug-likeness (QED) is 0.799. The number of thioether (sulfide) groups is 2. The van der Waals surface area contributed by atoms with E-state index in [1.54, 1.807) is 17.8 Å². The normalized spacial score (nSPS) is 10.4. The van der Waals surface area contributed by atoms with Crippen LogP contribution < -0.4 is 5.32 Å². The monoisotopic (exact) mass is 321 g/mol. The molecule has 2 nitrogen and oxygen atoms in total. The van der Waals surface area contributed by atoms with Gasteiger partial charge in [0.05, 0.1) is 5.75 Å². The number of halogens is 1. The van der Waals surface area contributed by atoms with Crippen LogP contribution in [0.15, 0.2) is 53.4 Å². The van der Waals surface area contributed by atoms with E-state index in [4.69, 9.17) is 0 Å². The Bertz CT molecular complexity index is 619. The van der Waals surface area contributed by atoms with Gasteiger partial charge in [0.25, 0.3) is 0 Å². The molecule has 0 aromatic heterocycles. The summed E-state index contributed by atoms with van der Waals surface area (Å²) >= 11 is 3.10. The van der Waals surface area contributed by atoms with Crippen LogP contribution in [0.3, 0.4) is 0 Å². The predicted molar refractivity (Wildman–Crippen MR) is 89.4 cm³/mol. The maximum Gasteiger partial charge on any atom is 0.234 e. The van der Waals surface area contributed by atoms with Gasteiger partial charge in [-0.1, -0.05) is 18.2 Å². The third kappa shape index (κ3) is 5.44. The molecule has 1 N–H and O–H groups in total. The van der Waals surface area contributed by atoms with Crippen LogP contribution in [0.25, 0.3) is 0 Å². The van der Waals surface area contributed by atoms with Crippen LogP contribution in [0, 0.1) is 5.82 Å². The van der Waals surface area contributed by atoms with E-state index in [9.17, 15) is 9.18 Å². The van der Waals surface area contributed by atoms with Crippen LogP contribution in [0.5, 0.6) is 0 Å². The zero-order valence-electron chi connectivity index (χ0n) is 11.6. The van der Waals surface area contributed by atoms with Crippen molar-refractivity contribution < 1.29 is 9.18 Å². The van der Waals surface area contributed by atoms with Gasteiger partial charge in [0.15, 0.2) is 0 Å². The van der Waals surface area contributed by atoms with Crippen molar-refractivity contribution >= 4 is 35.1 Å². The average Bonchev–Trinajstić information content (AvgIpc) is 2.47. The van der Waals surface area contributed by atoms with Gasteiger partial charge in [0.2, 0.25) is 5.91 Å². The number of carbonyl (C=O) groups excluding carboxylic acids is 1. The van der Waals surface area contributed by atoms with Crippen molar-refractivity contribution in [3.05, 3.63) is 59.9 Å². The first-order chi connectivity index (χ1) is 10.2. The Kier molecular flexibility index (Phi) is 6.14. The minimum absolute atomic E-state index is 0.0466. The summed E-state index contributed by atoms with van der Waals surface area (Å²) in [5.41, 5.74) is 1.69. The smallest absolute Gasteiger partial charge is 0.234 e. The number of rotatable bonds is 6. The van der Waals surface area contributed by atoms with Gasteiger partial charge in [-0.15, -0.1) is 23.5 Å². The molecular weight excluding hydrogens is 305 g/mol. The molecule has 0 fully saturated rings. The van der Waals surface area contributed by atoms with E-state index in [-0.39, 0.29) is 11.7 Å². The van der Waals surface area contributed by atoms with Crippen molar-refractivity contribution in [2.24, 2.45) is 0 Å². The summed E-state index contributed by atoms with van der Waals surface area (Å²) in [5, 5.41) is 2.87. The van der Waals surface area contributed by atoms with Gasteiger partial charge in [-0.2, -0.15) is 0 Å². The fourth-order valence-electron chi connectivity index (χ4n) is 1.79. The second-order valence-corrected chi connectivity index (χ2v) is 6.27. The number of hydrogen-bond donors (Lipinski definition) is 1. The Balaban J connectivity index is 1.79. The van der Waals surface area contributed by atoms with E-state index < -0.39 is 0 Å². The van der Waals surface area contributed by atoms with Gasteiger partial charge in [-0.05, 0) is 42.2 Å². The largest absolute Gasteiger partial charge is 0.325 e. The molecule has 0 spiro atoms. The lowest BCUT2D eigenvalue weighted by molar-refractivity contribution is -0.113. The van der Waals surface area contributed by atoms with Gasteiger partial charge in [0, 0.05) is 16.3 Å². The van der Waals surface area contributed by atoms with Crippen LogP contribution in [-0.4, -0.2) is 17.9 Å². The van der Waals surface area contributed by atoms with Crippen molar-refractivity contribution in [3.63, 3.8) is 0 Å². The lowest BCUT2D eigenvalue weighted by atomic mass is 10.2. The Morgan fingerprint density at radius 2 is 2.00 bits per heavy atom. The predicted octanol–water partition coefficient (Wildman–Crippen LogP) is 4.42. The SMILES string of the molecule is CSc1cccc(NC(=O)CSCc2cccc(F)c2)c1. The Labute approximate surface area is 132 Å². The number of amides is 1. The first-order valence-electron chi connectivity index (χ1n) is 6.43. The minimum atomic E-state index is -0.244. The third-order valence-corrected chi connectivity index (χ3v) is 4.47. The standard InChI is InChI=1S/C16H16FNOS2/c1-20-15-7-3-6-14(9-15)18-16(19)11-21-10-12-4-2-5-13(17)8-12/h2-9H,10-11H2,1H3,(H,18,19). The molecule has 0 aliphatic heterocycles. The molecule has 2 aromatic rings. The molecule has 0 aliphatic carbocycles. The summed E-state index contributed by atoms with van der Waals surface area (Å²) < 4.78 is 13.0. The number of nitrogens with one attached hydrogen (secondary N) is 1. The molecule has 0 heterocycles. The summed E-state index contributed by atoms with van der Waals surface area (Å²) in [7, 11) is 0. The van der Waals surface area contributed by atoms with Crippen molar-refractivity contribution in [2.45, 2.75) is 10.6 Å². The molecule has 0 saturated carbocycles. The van der Waals surface area contributed by atoms with E-state index in [0.29, 0.717) is 11.5 Å².